The van der Waals surface area contributed by atoms with Gasteiger partial charge in [-0.3, -0.25) is 9.59 Å². The van der Waals surface area contributed by atoms with E-state index in [9.17, 15) is 9.59 Å². The number of carbonyl (C=O) groups excluding carboxylic acids is 2. The van der Waals surface area contributed by atoms with Gasteiger partial charge in [-0.05, 0) is 56.4 Å². The van der Waals surface area contributed by atoms with Gasteiger partial charge in [-0.1, -0.05) is 6.07 Å². The molecule has 0 spiro atoms. The number of carbonyl (C=O) groups is 2. The molecule has 0 aromatic heterocycles. The van der Waals surface area contributed by atoms with Crippen LogP contribution in [0.5, 0.6) is 0 Å². The molecule has 126 valence electrons. The maximum absolute atomic E-state index is 12.2. The number of fused-ring (bicyclic) bond motifs is 1. The summed E-state index contributed by atoms with van der Waals surface area (Å²) in [5.41, 5.74) is 3.61. The maximum atomic E-state index is 12.2. The van der Waals surface area contributed by atoms with Crippen molar-refractivity contribution < 1.29 is 14.5 Å². The third-order valence-corrected chi connectivity index (χ3v) is 4.41. The SMILES string of the molecule is CCN(CC)C(=O)C[NH+](C)CC(=O)Nc1ccc2c(c1)CCC2. The van der Waals surface area contributed by atoms with Crippen molar-refractivity contribution in [2.75, 3.05) is 38.5 Å². The highest BCUT2D eigenvalue weighted by Gasteiger charge is 2.18. The maximum Gasteiger partial charge on any atom is 0.279 e. The topological polar surface area (TPSA) is 53.9 Å². The molecule has 0 aliphatic heterocycles. The smallest absolute Gasteiger partial charge is 0.279 e. The fourth-order valence-electron chi connectivity index (χ4n) is 3.14. The van der Waals surface area contributed by atoms with Crippen molar-refractivity contribution >= 4 is 17.5 Å². The van der Waals surface area contributed by atoms with Gasteiger partial charge in [-0.25, -0.2) is 0 Å². The van der Waals surface area contributed by atoms with Crippen LogP contribution >= 0.6 is 0 Å². The molecule has 0 bridgehead atoms. The fraction of sp³-hybridized carbons (Fsp3) is 0.556. The van der Waals surface area contributed by atoms with Gasteiger partial charge in [0.1, 0.15) is 0 Å². The normalized spacial score (nSPS) is 14.2. The predicted molar refractivity (Wildman–Crippen MR) is 91.6 cm³/mol. The minimum atomic E-state index is -0.0483. The Hall–Kier alpha value is -1.88. The highest BCUT2D eigenvalue weighted by atomic mass is 16.2. The van der Waals surface area contributed by atoms with Crippen LogP contribution in [0.3, 0.4) is 0 Å². The number of quaternary nitrogens is 1. The number of anilines is 1. The average molecular weight is 318 g/mol. The number of nitrogens with one attached hydrogen (secondary N) is 2. The minimum absolute atomic E-state index is 0.0483. The fourth-order valence-corrected chi connectivity index (χ4v) is 3.14. The van der Waals surface area contributed by atoms with Crippen molar-refractivity contribution in [2.24, 2.45) is 0 Å². The first-order valence-corrected chi connectivity index (χ1v) is 8.54. The van der Waals surface area contributed by atoms with Gasteiger partial charge in [0.25, 0.3) is 11.8 Å². The quantitative estimate of drug-likeness (QED) is 0.769. The Bertz CT molecular complexity index is 567. The van der Waals surface area contributed by atoms with E-state index in [-0.39, 0.29) is 11.8 Å². The molecular formula is C18H28N3O2+. The van der Waals surface area contributed by atoms with Gasteiger partial charge in [-0.15, -0.1) is 0 Å². The second kappa shape index (κ2) is 8.11. The molecule has 2 rings (SSSR count). The van der Waals surface area contributed by atoms with Gasteiger partial charge >= 0.3 is 0 Å². The van der Waals surface area contributed by atoms with Crippen LogP contribution in [-0.4, -0.2) is 49.9 Å². The summed E-state index contributed by atoms with van der Waals surface area (Å²) in [4.78, 5) is 26.9. The number of hydrogen-bond donors (Lipinski definition) is 2. The first kappa shape index (κ1) is 17.5. The van der Waals surface area contributed by atoms with Crippen molar-refractivity contribution in [1.82, 2.24) is 4.90 Å². The van der Waals surface area contributed by atoms with Gasteiger partial charge in [-0.2, -0.15) is 0 Å². The van der Waals surface area contributed by atoms with E-state index in [1.54, 1.807) is 4.90 Å². The number of amides is 2. The summed E-state index contributed by atoms with van der Waals surface area (Å²) >= 11 is 0. The summed E-state index contributed by atoms with van der Waals surface area (Å²) in [5, 5.41) is 2.95. The molecular weight excluding hydrogens is 290 g/mol. The molecule has 0 saturated carbocycles. The Morgan fingerprint density at radius 2 is 1.83 bits per heavy atom. The third kappa shape index (κ3) is 4.79. The number of likely N-dealkylation sites (N-methyl/N-ethyl adjacent to an activating group) is 2. The highest BCUT2D eigenvalue weighted by molar-refractivity contribution is 5.91. The Kier molecular flexibility index (Phi) is 6.16. The molecule has 2 amide bonds. The van der Waals surface area contributed by atoms with Crippen LogP contribution in [0.2, 0.25) is 0 Å². The molecule has 2 N–H and O–H groups in total. The van der Waals surface area contributed by atoms with Gasteiger partial charge in [0.05, 0.1) is 7.05 Å². The Labute approximate surface area is 138 Å². The zero-order valence-corrected chi connectivity index (χ0v) is 14.4. The van der Waals surface area contributed by atoms with Crippen LogP contribution in [0.1, 0.15) is 31.4 Å². The molecule has 0 radical (unpaired) electrons. The van der Waals surface area contributed by atoms with E-state index in [2.05, 4.69) is 17.4 Å². The minimum Gasteiger partial charge on any atom is -0.338 e. The number of hydrogen-bond acceptors (Lipinski definition) is 2. The summed E-state index contributed by atoms with van der Waals surface area (Å²) in [6.07, 6.45) is 3.44. The monoisotopic (exact) mass is 318 g/mol. The molecule has 1 aromatic carbocycles. The van der Waals surface area contributed by atoms with Crippen molar-refractivity contribution in [3.05, 3.63) is 29.3 Å². The largest absolute Gasteiger partial charge is 0.338 e. The van der Waals surface area contributed by atoms with Crippen LogP contribution in [0.25, 0.3) is 0 Å². The van der Waals surface area contributed by atoms with E-state index in [1.807, 2.05) is 27.0 Å². The van der Waals surface area contributed by atoms with Crippen LogP contribution < -0.4 is 10.2 Å². The van der Waals surface area contributed by atoms with E-state index in [1.165, 1.54) is 17.5 Å². The number of benzene rings is 1. The summed E-state index contributed by atoms with van der Waals surface area (Å²) in [6, 6.07) is 6.16. The average Bonchev–Trinajstić information content (AvgIpc) is 2.95. The Morgan fingerprint density at radius 1 is 1.13 bits per heavy atom. The van der Waals surface area contributed by atoms with Crippen molar-refractivity contribution in [2.45, 2.75) is 33.1 Å². The molecule has 0 heterocycles. The van der Waals surface area contributed by atoms with E-state index in [0.717, 1.165) is 23.4 Å². The van der Waals surface area contributed by atoms with Gasteiger partial charge in [0, 0.05) is 18.8 Å². The van der Waals surface area contributed by atoms with Gasteiger partial charge in [0.2, 0.25) is 0 Å². The lowest BCUT2D eigenvalue weighted by molar-refractivity contribution is -0.862. The zero-order chi connectivity index (χ0) is 16.8. The summed E-state index contributed by atoms with van der Waals surface area (Å²) in [5.74, 6) is 0.0469. The summed E-state index contributed by atoms with van der Waals surface area (Å²) in [7, 11) is 1.88. The summed E-state index contributed by atoms with van der Waals surface area (Å²) in [6.45, 7) is 6.01. The highest BCUT2D eigenvalue weighted by Crippen LogP contribution is 2.24. The second-order valence-electron chi connectivity index (χ2n) is 6.26. The van der Waals surface area contributed by atoms with Crippen LogP contribution in [0.4, 0.5) is 5.69 Å². The summed E-state index contributed by atoms with van der Waals surface area (Å²) < 4.78 is 0. The lowest BCUT2D eigenvalue weighted by Crippen LogP contribution is -3.11. The number of nitrogens with zero attached hydrogens (tertiary/aromatic N) is 1. The Morgan fingerprint density at radius 3 is 2.52 bits per heavy atom. The number of rotatable bonds is 7. The molecule has 1 atom stereocenters. The Balaban J connectivity index is 1.83. The van der Waals surface area contributed by atoms with Crippen molar-refractivity contribution in [3.63, 3.8) is 0 Å². The van der Waals surface area contributed by atoms with Gasteiger partial charge in [0.15, 0.2) is 13.1 Å². The van der Waals surface area contributed by atoms with Crippen molar-refractivity contribution in [1.29, 1.82) is 0 Å². The molecule has 0 saturated heterocycles. The van der Waals surface area contributed by atoms with E-state index < -0.39 is 0 Å². The zero-order valence-electron chi connectivity index (χ0n) is 14.4. The lowest BCUT2D eigenvalue weighted by Gasteiger charge is -2.21. The van der Waals surface area contributed by atoms with E-state index >= 15 is 0 Å². The third-order valence-electron chi connectivity index (χ3n) is 4.41. The van der Waals surface area contributed by atoms with Crippen LogP contribution in [0.15, 0.2) is 18.2 Å². The molecule has 1 aromatic rings. The number of aryl methyl sites for hydroxylation is 2. The first-order valence-electron chi connectivity index (χ1n) is 8.54. The second-order valence-corrected chi connectivity index (χ2v) is 6.26. The standard InChI is InChI=1S/C18H27N3O2/c1-4-21(5-2)18(23)13-20(3)12-17(22)19-16-10-9-14-7-6-8-15(14)11-16/h9-11H,4-8,12-13H2,1-3H3,(H,19,22)/p+1. The van der Waals surface area contributed by atoms with E-state index in [0.29, 0.717) is 26.2 Å². The van der Waals surface area contributed by atoms with Crippen LogP contribution in [-0.2, 0) is 22.4 Å². The molecule has 0 fully saturated rings. The van der Waals surface area contributed by atoms with Gasteiger partial charge < -0.3 is 15.1 Å². The molecule has 5 nitrogen and oxygen atoms in total. The van der Waals surface area contributed by atoms with E-state index in [4.69, 9.17) is 0 Å². The molecule has 1 unspecified atom stereocenters. The molecule has 1 aliphatic carbocycles. The first-order chi connectivity index (χ1) is 11.0. The lowest BCUT2D eigenvalue weighted by atomic mass is 10.1. The van der Waals surface area contributed by atoms with Crippen molar-refractivity contribution in [3.8, 4) is 0 Å². The van der Waals surface area contributed by atoms with Crippen LogP contribution in [0, 0.1) is 0 Å². The molecule has 1 aliphatic rings. The molecule has 5 heteroatoms. The predicted octanol–water partition coefficient (Wildman–Crippen LogP) is 0.497. The molecule has 23 heavy (non-hydrogen) atoms.